The number of aliphatic carboxylic acids is 1. The maximum absolute atomic E-state index is 13.1. The summed E-state index contributed by atoms with van der Waals surface area (Å²) < 4.78 is 14.6. The molecule has 7 heteroatoms. The van der Waals surface area contributed by atoms with Crippen molar-refractivity contribution in [2.45, 2.75) is 13.3 Å². The van der Waals surface area contributed by atoms with Gasteiger partial charge < -0.3 is 5.11 Å². The van der Waals surface area contributed by atoms with Crippen LogP contribution in [0.25, 0.3) is 5.69 Å². The highest BCUT2D eigenvalue weighted by molar-refractivity contribution is 5.98. The Kier molecular flexibility index (Phi) is 3.40. The number of carbonyl (C=O) groups excluding carboxylic acids is 1. The van der Waals surface area contributed by atoms with Crippen molar-refractivity contribution in [3.05, 3.63) is 41.8 Å². The molecule has 114 valence electrons. The second-order valence-corrected chi connectivity index (χ2v) is 5.28. The molecule has 0 bridgehead atoms. The SMILES string of the molecule is Cc1cc(N2CC(C(=O)O)CC2=O)n(-c2ccc(F)cc2)n1. The van der Waals surface area contributed by atoms with Crippen molar-refractivity contribution in [1.82, 2.24) is 9.78 Å². The average Bonchev–Trinajstić information content (AvgIpc) is 3.03. The lowest BCUT2D eigenvalue weighted by Crippen LogP contribution is -2.28. The van der Waals surface area contributed by atoms with Crippen molar-refractivity contribution >= 4 is 17.7 Å². The fraction of sp³-hybridized carbons (Fsp3) is 0.267. The Morgan fingerprint density at radius 2 is 2.05 bits per heavy atom. The Morgan fingerprint density at radius 3 is 2.64 bits per heavy atom. The Hall–Kier alpha value is -2.70. The number of amides is 1. The maximum atomic E-state index is 13.1. The van der Waals surface area contributed by atoms with Crippen LogP contribution in [-0.2, 0) is 9.59 Å². The summed E-state index contributed by atoms with van der Waals surface area (Å²) in [4.78, 5) is 24.6. The molecule has 0 aliphatic carbocycles. The van der Waals surface area contributed by atoms with E-state index in [2.05, 4.69) is 5.10 Å². The second kappa shape index (κ2) is 5.25. The minimum atomic E-state index is -0.986. The van der Waals surface area contributed by atoms with Gasteiger partial charge in [0.2, 0.25) is 5.91 Å². The van der Waals surface area contributed by atoms with Gasteiger partial charge in [0.1, 0.15) is 11.6 Å². The highest BCUT2D eigenvalue weighted by Gasteiger charge is 2.36. The zero-order valence-corrected chi connectivity index (χ0v) is 11.9. The van der Waals surface area contributed by atoms with Gasteiger partial charge in [-0.2, -0.15) is 5.10 Å². The van der Waals surface area contributed by atoms with Gasteiger partial charge >= 0.3 is 5.97 Å². The van der Waals surface area contributed by atoms with E-state index >= 15 is 0 Å². The molecule has 0 spiro atoms. The van der Waals surface area contributed by atoms with Crippen LogP contribution < -0.4 is 4.90 Å². The average molecular weight is 303 g/mol. The van der Waals surface area contributed by atoms with Gasteiger partial charge in [-0.15, -0.1) is 0 Å². The predicted octanol–water partition coefficient (Wildman–Crippen LogP) is 1.76. The van der Waals surface area contributed by atoms with Crippen molar-refractivity contribution in [3.8, 4) is 5.69 Å². The minimum absolute atomic E-state index is 0.0248. The van der Waals surface area contributed by atoms with E-state index in [1.165, 1.54) is 21.7 Å². The third-order valence-corrected chi connectivity index (χ3v) is 3.63. The molecule has 1 aromatic heterocycles. The topological polar surface area (TPSA) is 75.4 Å². The number of carboxylic acids is 1. The van der Waals surface area contributed by atoms with E-state index in [4.69, 9.17) is 5.11 Å². The van der Waals surface area contributed by atoms with Crippen LogP contribution in [0.2, 0.25) is 0 Å². The van der Waals surface area contributed by atoms with Crippen LogP contribution in [0.5, 0.6) is 0 Å². The second-order valence-electron chi connectivity index (χ2n) is 5.28. The highest BCUT2D eigenvalue weighted by Crippen LogP contribution is 2.28. The molecule has 1 aliphatic heterocycles. The summed E-state index contributed by atoms with van der Waals surface area (Å²) >= 11 is 0. The number of carbonyl (C=O) groups is 2. The molecule has 1 aliphatic rings. The summed E-state index contributed by atoms with van der Waals surface area (Å²) in [6.07, 6.45) is -0.0248. The van der Waals surface area contributed by atoms with Crippen LogP contribution in [0.15, 0.2) is 30.3 Å². The lowest BCUT2D eigenvalue weighted by Gasteiger charge is -2.17. The number of benzene rings is 1. The molecule has 2 aromatic rings. The smallest absolute Gasteiger partial charge is 0.308 e. The fourth-order valence-electron chi connectivity index (χ4n) is 2.54. The molecule has 1 aromatic carbocycles. The summed E-state index contributed by atoms with van der Waals surface area (Å²) in [5, 5.41) is 13.4. The summed E-state index contributed by atoms with van der Waals surface area (Å²) in [7, 11) is 0. The summed E-state index contributed by atoms with van der Waals surface area (Å²) in [6.45, 7) is 1.89. The van der Waals surface area contributed by atoms with Crippen molar-refractivity contribution in [1.29, 1.82) is 0 Å². The molecule has 1 fully saturated rings. The lowest BCUT2D eigenvalue weighted by atomic mass is 10.1. The van der Waals surface area contributed by atoms with Crippen molar-refractivity contribution in [2.24, 2.45) is 5.92 Å². The number of rotatable bonds is 3. The molecule has 0 saturated carbocycles. The molecular weight excluding hydrogens is 289 g/mol. The van der Waals surface area contributed by atoms with Gasteiger partial charge in [-0.25, -0.2) is 9.07 Å². The molecule has 22 heavy (non-hydrogen) atoms. The van der Waals surface area contributed by atoms with E-state index in [0.717, 1.165) is 0 Å². The molecule has 1 atom stereocenters. The van der Waals surface area contributed by atoms with E-state index in [9.17, 15) is 14.0 Å². The molecular formula is C15H14FN3O3. The van der Waals surface area contributed by atoms with Gasteiger partial charge in [0, 0.05) is 19.0 Å². The van der Waals surface area contributed by atoms with Gasteiger partial charge in [-0.1, -0.05) is 0 Å². The quantitative estimate of drug-likeness (QED) is 0.937. The van der Waals surface area contributed by atoms with Crippen LogP contribution in [0, 0.1) is 18.7 Å². The molecule has 2 heterocycles. The van der Waals surface area contributed by atoms with Crippen molar-refractivity contribution in [2.75, 3.05) is 11.4 Å². The van der Waals surface area contributed by atoms with Crippen molar-refractivity contribution in [3.63, 3.8) is 0 Å². The lowest BCUT2D eigenvalue weighted by molar-refractivity contribution is -0.141. The van der Waals surface area contributed by atoms with Crippen LogP contribution >= 0.6 is 0 Å². The molecule has 0 radical (unpaired) electrons. The van der Waals surface area contributed by atoms with Crippen LogP contribution in [0.4, 0.5) is 10.2 Å². The van der Waals surface area contributed by atoms with E-state index in [1.54, 1.807) is 25.1 Å². The number of hydrogen-bond donors (Lipinski definition) is 1. The predicted molar refractivity (Wildman–Crippen MR) is 76.4 cm³/mol. The normalized spacial score (nSPS) is 18.0. The van der Waals surface area contributed by atoms with E-state index < -0.39 is 11.9 Å². The van der Waals surface area contributed by atoms with Crippen LogP contribution in [0.1, 0.15) is 12.1 Å². The number of halogens is 1. The molecule has 1 saturated heterocycles. The molecule has 1 unspecified atom stereocenters. The van der Waals surface area contributed by atoms with Gasteiger partial charge in [0.15, 0.2) is 0 Å². The number of carboxylic acid groups (broad SMARTS) is 1. The Balaban J connectivity index is 2.00. The largest absolute Gasteiger partial charge is 0.481 e. The van der Waals surface area contributed by atoms with E-state index in [1.807, 2.05) is 0 Å². The summed E-state index contributed by atoms with van der Waals surface area (Å²) in [5.41, 5.74) is 1.29. The Bertz CT molecular complexity index is 739. The third-order valence-electron chi connectivity index (χ3n) is 3.63. The summed E-state index contributed by atoms with van der Waals surface area (Å²) in [5.74, 6) is -1.82. The van der Waals surface area contributed by atoms with Gasteiger partial charge in [-0.05, 0) is 31.2 Å². The van der Waals surface area contributed by atoms with Gasteiger partial charge in [0.05, 0.1) is 17.3 Å². The van der Waals surface area contributed by atoms with Gasteiger partial charge in [0.25, 0.3) is 0 Å². The Morgan fingerprint density at radius 1 is 1.36 bits per heavy atom. The first-order valence-corrected chi connectivity index (χ1v) is 6.81. The maximum Gasteiger partial charge on any atom is 0.308 e. The van der Waals surface area contributed by atoms with Crippen LogP contribution in [-0.4, -0.2) is 33.3 Å². The van der Waals surface area contributed by atoms with Crippen LogP contribution in [0.3, 0.4) is 0 Å². The van der Waals surface area contributed by atoms with E-state index in [-0.39, 0.29) is 24.7 Å². The zero-order valence-electron chi connectivity index (χ0n) is 11.9. The number of hydrogen-bond acceptors (Lipinski definition) is 3. The number of aromatic nitrogens is 2. The number of nitrogens with zero attached hydrogens (tertiary/aromatic N) is 3. The minimum Gasteiger partial charge on any atom is -0.481 e. The summed E-state index contributed by atoms with van der Waals surface area (Å²) in [6, 6.07) is 7.44. The molecule has 6 nitrogen and oxygen atoms in total. The Labute approximate surface area is 125 Å². The molecule has 1 N–H and O–H groups in total. The molecule has 1 amide bonds. The first-order valence-electron chi connectivity index (χ1n) is 6.81. The van der Waals surface area contributed by atoms with E-state index in [0.29, 0.717) is 17.2 Å². The zero-order chi connectivity index (χ0) is 15.9. The van der Waals surface area contributed by atoms with Crippen molar-refractivity contribution < 1.29 is 19.1 Å². The first kappa shape index (κ1) is 14.2. The monoisotopic (exact) mass is 303 g/mol. The fourth-order valence-corrected chi connectivity index (χ4v) is 2.54. The standard InChI is InChI=1S/C15H14FN3O3/c1-9-6-13(18-8-10(15(21)22)7-14(18)20)19(17-9)12-4-2-11(16)3-5-12/h2-6,10H,7-8H2,1H3,(H,21,22). The number of anilines is 1. The number of aryl methyl sites for hydroxylation is 1. The first-order chi connectivity index (χ1) is 10.5. The third kappa shape index (κ3) is 2.45. The molecule has 3 rings (SSSR count). The highest BCUT2D eigenvalue weighted by atomic mass is 19.1. The van der Waals surface area contributed by atoms with Gasteiger partial charge in [-0.3, -0.25) is 14.5 Å².